The van der Waals surface area contributed by atoms with Gasteiger partial charge in [-0.05, 0) is 19.2 Å². The van der Waals surface area contributed by atoms with Crippen LogP contribution in [0.25, 0.3) is 0 Å². The number of likely N-dealkylation sites (N-methyl/N-ethyl adjacent to an activating group) is 1. The summed E-state index contributed by atoms with van der Waals surface area (Å²) in [5.74, 6) is -1.12. The van der Waals surface area contributed by atoms with Crippen LogP contribution in [0.2, 0.25) is 0 Å². The molecule has 1 aliphatic heterocycles. The van der Waals surface area contributed by atoms with E-state index in [2.05, 4.69) is 5.32 Å². The third kappa shape index (κ3) is 2.23. The number of benzene rings is 1. The van der Waals surface area contributed by atoms with Crippen LogP contribution in [0.4, 0.5) is 4.39 Å². The SMILES string of the molecule is CNC1COCC1C(=O)c1cccc(OC)c1F. The molecule has 0 amide bonds. The van der Waals surface area contributed by atoms with Gasteiger partial charge in [0, 0.05) is 6.04 Å². The van der Waals surface area contributed by atoms with Gasteiger partial charge in [-0.25, -0.2) is 4.39 Å². The van der Waals surface area contributed by atoms with Crippen molar-refractivity contribution in [2.24, 2.45) is 5.92 Å². The number of ketones is 1. The number of ether oxygens (including phenoxy) is 2. The van der Waals surface area contributed by atoms with Gasteiger partial charge >= 0.3 is 0 Å². The normalized spacial score (nSPS) is 23.1. The predicted molar refractivity (Wildman–Crippen MR) is 64.4 cm³/mol. The van der Waals surface area contributed by atoms with Crippen LogP contribution in [0.5, 0.6) is 5.75 Å². The van der Waals surface area contributed by atoms with Crippen LogP contribution in [0, 0.1) is 11.7 Å². The minimum Gasteiger partial charge on any atom is -0.494 e. The number of nitrogens with one attached hydrogen (secondary N) is 1. The van der Waals surface area contributed by atoms with Crippen LogP contribution >= 0.6 is 0 Å². The van der Waals surface area contributed by atoms with E-state index in [0.717, 1.165) is 0 Å². The molecule has 0 spiro atoms. The van der Waals surface area contributed by atoms with E-state index in [1.807, 2.05) is 0 Å². The van der Waals surface area contributed by atoms with Gasteiger partial charge in [-0.1, -0.05) is 6.07 Å². The monoisotopic (exact) mass is 253 g/mol. The Balaban J connectivity index is 2.28. The topological polar surface area (TPSA) is 47.6 Å². The third-order valence-corrected chi connectivity index (χ3v) is 3.24. The van der Waals surface area contributed by atoms with Gasteiger partial charge in [0.05, 0.1) is 31.8 Å². The van der Waals surface area contributed by atoms with Crippen molar-refractivity contribution in [2.75, 3.05) is 27.4 Å². The molecule has 2 unspecified atom stereocenters. The van der Waals surface area contributed by atoms with Gasteiger partial charge in [-0.2, -0.15) is 0 Å². The molecule has 98 valence electrons. The Bertz CT molecular complexity index is 450. The average Bonchev–Trinajstić information content (AvgIpc) is 2.86. The van der Waals surface area contributed by atoms with Crippen molar-refractivity contribution >= 4 is 5.78 Å². The van der Waals surface area contributed by atoms with Crippen LogP contribution in [0.3, 0.4) is 0 Å². The highest BCUT2D eigenvalue weighted by atomic mass is 19.1. The lowest BCUT2D eigenvalue weighted by atomic mass is 9.93. The molecular weight excluding hydrogens is 237 g/mol. The molecule has 4 nitrogen and oxygen atoms in total. The fourth-order valence-corrected chi connectivity index (χ4v) is 2.16. The summed E-state index contributed by atoms with van der Waals surface area (Å²) in [5.41, 5.74) is 0.0603. The van der Waals surface area contributed by atoms with Crippen LogP contribution in [-0.4, -0.2) is 39.2 Å². The van der Waals surface area contributed by atoms with Gasteiger partial charge in [0.1, 0.15) is 0 Å². The van der Waals surface area contributed by atoms with Gasteiger partial charge in [0.25, 0.3) is 0 Å². The lowest BCUT2D eigenvalue weighted by Crippen LogP contribution is -2.37. The highest BCUT2D eigenvalue weighted by Gasteiger charge is 2.35. The maximum atomic E-state index is 14.0. The fourth-order valence-electron chi connectivity index (χ4n) is 2.16. The third-order valence-electron chi connectivity index (χ3n) is 3.24. The Morgan fingerprint density at radius 1 is 1.50 bits per heavy atom. The molecule has 1 aromatic carbocycles. The Morgan fingerprint density at radius 3 is 2.94 bits per heavy atom. The van der Waals surface area contributed by atoms with Crippen molar-refractivity contribution in [1.29, 1.82) is 0 Å². The maximum Gasteiger partial charge on any atom is 0.175 e. The van der Waals surface area contributed by atoms with E-state index < -0.39 is 5.82 Å². The zero-order valence-corrected chi connectivity index (χ0v) is 10.4. The van der Waals surface area contributed by atoms with Crippen LogP contribution in [-0.2, 0) is 4.74 Å². The number of halogens is 1. The summed E-state index contributed by atoms with van der Waals surface area (Å²) in [6.07, 6.45) is 0. The molecule has 18 heavy (non-hydrogen) atoms. The van der Waals surface area contributed by atoms with E-state index in [9.17, 15) is 9.18 Å². The molecule has 0 saturated carbocycles. The molecule has 2 atom stereocenters. The number of carbonyl (C=O) groups excluding carboxylic acids is 1. The van der Waals surface area contributed by atoms with Crippen LogP contribution in [0.15, 0.2) is 18.2 Å². The van der Waals surface area contributed by atoms with E-state index in [0.29, 0.717) is 13.2 Å². The van der Waals surface area contributed by atoms with Crippen LogP contribution < -0.4 is 10.1 Å². The molecule has 1 aliphatic rings. The molecule has 0 radical (unpaired) electrons. The summed E-state index contributed by atoms with van der Waals surface area (Å²) in [7, 11) is 3.14. The van der Waals surface area contributed by atoms with E-state index in [1.165, 1.54) is 19.2 Å². The minimum atomic E-state index is -0.605. The Kier molecular flexibility index (Phi) is 3.93. The van der Waals surface area contributed by atoms with Gasteiger partial charge in [-0.3, -0.25) is 4.79 Å². The summed E-state index contributed by atoms with van der Waals surface area (Å²) in [6.45, 7) is 0.791. The van der Waals surface area contributed by atoms with E-state index in [1.54, 1.807) is 13.1 Å². The lowest BCUT2D eigenvalue weighted by molar-refractivity contribution is 0.0887. The number of Topliss-reactive ketones (excluding diaryl/α,β-unsaturated/α-hetero) is 1. The minimum absolute atomic E-state index is 0.0603. The Hall–Kier alpha value is -1.46. The van der Waals surface area contributed by atoms with Gasteiger partial charge < -0.3 is 14.8 Å². The first-order valence-electron chi connectivity index (χ1n) is 5.80. The predicted octanol–water partition coefficient (Wildman–Crippen LogP) is 1.25. The van der Waals surface area contributed by atoms with Gasteiger partial charge in [0.15, 0.2) is 17.3 Å². The molecule has 1 saturated heterocycles. The molecule has 2 rings (SSSR count). The van der Waals surface area contributed by atoms with E-state index in [4.69, 9.17) is 9.47 Å². The first-order chi connectivity index (χ1) is 8.69. The molecule has 1 heterocycles. The second-order valence-corrected chi connectivity index (χ2v) is 4.23. The lowest BCUT2D eigenvalue weighted by Gasteiger charge is -2.16. The van der Waals surface area contributed by atoms with E-state index >= 15 is 0 Å². The van der Waals surface area contributed by atoms with Crippen molar-refractivity contribution < 1.29 is 18.7 Å². The van der Waals surface area contributed by atoms with Crippen molar-refractivity contribution in [3.63, 3.8) is 0 Å². The zero-order valence-electron chi connectivity index (χ0n) is 10.4. The largest absolute Gasteiger partial charge is 0.494 e. The molecular formula is C13H16FNO3. The molecule has 0 aromatic heterocycles. The average molecular weight is 253 g/mol. The first kappa shape index (κ1) is 13.0. The van der Waals surface area contributed by atoms with Crippen molar-refractivity contribution in [1.82, 2.24) is 5.32 Å². The summed E-state index contributed by atoms with van der Waals surface area (Å²) in [4.78, 5) is 12.3. The first-order valence-corrected chi connectivity index (χ1v) is 5.80. The van der Waals surface area contributed by atoms with Crippen molar-refractivity contribution in [3.05, 3.63) is 29.6 Å². The molecule has 0 bridgehead atoms. The van der Waals surface area contributed by atoms with Crippen molar-refractivity contribution in [2.45, 2.75) is 6.04 Å². The van der Waals surface area contributed by atoms with E-state index in [-0.39, 0.29) is 29.1 Å². The van der Waals surface area contributed by atoms with Crippen LogP contribution in [0.1, 0.15) is 10.4 Å². The maximum absolute atomic E-state index is 14.0. The smallest absolute Gasteiger partial charge is 0.175 e. The highest BCUT2D eigenvalue weighted by Crippen LogP contribution is 2.25. The molecule has 1 aromatic rings. The summed E-state index contributed by atoms with van der Waals surface area (Å²) >= 11 is 0. The van der Waals surface area contributed by atoms with Gasteiger partial charge in [0.2, 0.25) is 0 Å². The summed E-state index contributed by atoms with van der Waals surface area (Å²) in [6, 6.07) is 4.51. The quantitative estimate of drug-likeness (QED) is 0.820. The molecule has 0 aliphatic carbocycles. The second-order valence-electron chi connectivity index (χ2n) is 4.23. The Labute approximate surface area is 105 Å². The van der Waals surface area contributed by atoms with Gasteiger partial charge in [-0.15, -0.1) is 0 Å². The number of carbonyl (C=O) groups is 1. The second kappa shape index (κ2) is 5.46. The number of methoxy groups -OCH3 is 1. The summed E-state index contributed by atoms with van der Waals surface area (Å²) in [5, 5.41) is 3.01. The summed E-state index contributed by atoms with van der Waals surface area (Å²) < 4.78 is 24.1. The Morgan fingerprint density at radius 2 is 2.28 bits per heavy atom. The molecule has 1 N–H and O–H groups in total. The fraction of sp³-hybridized carbons (Fsp3) is 0.462. The molecule has 5 heteroatoms. The number of rotatable bonds is 4. The van der Waals surface area contributed by atoms with Crippen molar-refractivity contribution in [3.8, 4) is 5.75 Å². The highest BCUT2D eigenvalue weighted by molar-refractivity contribution is 5.99. The molecule has 1 fully saturated rings. The standard InChI is InChI=1S/C13H16FNO3/c1-15-10-7-18-6-9(10)13(16)8-4-3-5-11(17-2)12(8)14/h3-5,9-10,15H,6-7H2,1-2H3. The number of hydrogen-bond donors (Lipinski definition) is 1. The number of hydrogen-bond acceptors (Lipinski definition) is 4. The zero-order chi connectivity index (χ0) is 13.1.